The summed E-state index contributed by atoms with van der Waals surface area (Å²) in [6.45, 7) is 4.41. The largest absolute Gasteiger partial charge is 0.443 e. The number of hydrogen-bond donors (Lipinski definition) is 0. The van der Waals surface area contributed by atoms with Gasteiger partial charge in [0.1, 0.15) is 5.60 Å². The van der Waals surface area contributed by atoms with Crippen molar-refractivity contribution in [3.63, 3.8) is 0 Å². The van der Waals surface area contributed by atoms with E-state index in [1.807, 2.05) is 44.2 Å². The molecule has 0 radical (unpaired) electrons. The molecule has 1 saturated heterocycles. The number of carbonyl (C=O) groups excluding carboxylic acids is 1. The lowest BCUT2D eigenvalue weighted by Crippen LogP contribution is -2.47. The van der Waals surface area contributed by atoms with Gasteiger partial charge in [0.05, 0.1) is 18.1 Å². The van der Waals surface area contributed by atoms with Crippen molar-refractivity contribution in [2.75, 3.05) is 11.4 Å². The van der Waals surface area contributed by atoms with Crippen molar-refractivity contribution in [3.05, 3.63) is 42.7 Å². The number of benzene rings is 1. The van der Waals surface area contributed by atoms with E-state index in [2.05, 4.69) is 9.97 Å². The molecule has 2 heterocycles. The van der Waals surface area contributed by atoms with Crippen LogP contribution in [0.25, 0.3) is 11.3 Å². The molecule has 3 rings (SSSR count). The summed E-state index contributed by atoms with van der Waals surface area (Å²) in [6.07, 6.45) is 3.69. The van der Waals surface area contributed by atoms with Crippen LogP contribution in [-0.4, -0.2) is 28.2 Å². The first-order valence-corrected chi connectivity index (χ1v) is 6.93. The SMILES string of the molecule is CC1(C)CCN(c2cnc(-c3ccccc3)cn2)C(=O)O1. The van der Waals surface area contributed by atoms with Gasteiger partial charge in [-0.05, 0) is 13.8 Å². The molecule has 5 nitrogen and oxygen atoms in total. The Kier molecular flexibility index (Phi) is 3.33. The van der Waals surface area contributed by atoms with Crippen molar-refractivity contribution >= 4 is 11.9 Å². The zero-order valence-electron chi connectivity index (χ0n) is 12.1. The molecular weight excluding hydrogens is 266 g/mol. The molecule has 0 spiro atoms. The molecule has 1 amide bonds. The molecule has 1 aromatic heterocycles. The van der Waals surface area contributed by atoms with Crippen LogP contribution in [0.3, 0.4) is 0 Å². The number of amides is 1. The van der Waals surface area contributed by atoms with Gasteiger partial charge >= 0.3 is 6.09 Å². The predicted octanol–water partition coefficient (Wildman–Crippen LogP) is 3.27. The Balaban J connectivity index is 1.80. The van der Waals surface area contributed by atoms with Gasteiger partial charge in [-0.3, -0.25) is 9.88 Å². The van der Waals surface area contributed by atoms with E-state index >= 15 is 0 Å². The Bertz CT molecular complexity index is 638. The van der Waals surface area contributed by atoms with Crippen LogP contribution >= 0.6 is 0 Å². The minimum absolute atomic E-state index is 0.368. The first-order valence-electron chi connectivity index (χ1n) is 6.93. The van der Waals surface area contributed by atoms with E-state index in [0.717, 1.165) is 17.7 Å². The molecule has 1 fully saturated rings. The van der Waals surface area contributed by atoms with Crippen LogP contribution < -0.4 is 4.90 Å². The molecule has 1 aliphatic rings. The Labute approximate surface area is 123 Å². The van der Waals surface area contributed by atoms with Crippen molar-refractivity contribution in [1.82, 2.24) is 9.97 Å². The van der Waals surface area contributed by atoms with E-state index in [4.69, 9.17) is 4.74 Å². The Morgan fingerprint density at radius 2 is 1.90 bits per heavy atom. The molecule has 5 heteroatoms. The summed E-state index contributed by atoms with van der Waals surface area (Å²) in [5, 5.41) is 0. The van der Waals surface area contributed by atoms with Gasteiger partial charge in [0, 0.05) is 18.5 Å². The lowest BCUT2D eigenvalue weighted by atomic mass is 10.0. The highest BCUT2D eigenvalue weighted by Crippen LogP contribution is 2.26. The zero-order valence-corrected chi connectivity index (χ0v) is 12.1. The summed E-state index contributed by atoms with van der Waals surface area (Å²) < 4.78 is 5.37. The van der Waals surface area contributed by atoms with Crippen molar-refractivity contribution in [2.45, 2.75) is 25.9 Å². The number of aromatic nitrogens is 2. The molecule has 1 aromatic carbocycles. The number of hydrogen-bond acceptors (Lipinski definition) is 4. The lowest BCUT2D eigenvalue weighted by molar-refractivity contribution is 0.0234. The summed E-state index contributed by atoms with van der Waals surface area (Å²) in [7, 11) is 0. The third-order valence-corrected chi connectivity index (χ3v) is 3.51. The maximum atomic E-state index is 12.0. The minimum Gasteiger partial charge on any atom is -0.443 e. The fourth-order valence-electron chi connectivity index (χ4n) is 2.24. The van der Waals surface area contributed by atoms with Crippen LogP contribution in [0.2, 0.25) is 0 Å². The quantitative estimate of drug-likeness (QED) is 0.848. The van der Waals surface area contributed by atoms with Gasteiger partial charge in [-0.25, -0.2) is 9.78 Å². The topological polar surface area (TPSA) is 55.3 Å². The third kappa shape index (κ3) is 2.86. The van der Waals surface area contributed by atoms with Crippen LogP contribution in [0.5, 0.6) is 0 Å². The molecule has 0 atom stereocenters. The second kappa shape index (κ2) is 5.16. The van der Waals surface area contributed by atoms with Crippen LogP contribution in [0.1, 0.15) is 20.3 Å². The first kappa shape index (κ1) is 13.5. The van der Waals surface area contributed by atoms with Gasteiger partial charge in [0.15, 0.2) is 5.82 Å². The number of rotatable bonds is 2. The molecule has 1 aliphatic heterocycles. The molecule has 2 aromatic rings. The van der Waals surface area contributed by atoms with E-state index in [-0.39, 0.29) is 6.09 Å². The van der Waals surface area contributed by atoms with Gasteiger partial charge in [0.2, 0.25) is 0 Å². The number of cyclic esters (lactones) is 1. The van der Waals surface area contributed by atoms with Crippen LogP contribution in [0.4, 0.5) is 10.6 Å². The summed E-state index contributed by atoms with van der Waals surface area (Å²) in [5.74, 6) is 0.523. The fraction of sp³-hybridized carbons (Fsp3) is 0.312. The van der Waals surface area contributed by atoms with E-state index in [0.29, 0.717) is 12.4 Å². The summed E-state index contributed by atoms with van der Waals surface area (Å²) in [4.78, 5) is 22.2. The third-order valence-electron chi connectivity index (χ3n) is 3.51. The average Bonchev–Trinajstić information content (AvgIpc) is 2.48. The molecular formula is C16H17N3O2. The molecule has 108 valence electrons. The monoisotopic (exact) mass is 283 g/mol. The van der Waals surface area contributed by atoms with Crippen LogP contribution in [0.15, 0.2) is 42.7 Å². The van der Waals surface area contributed by atoms with Crippen LogP contribution in [0, 0.1) is 0 Å². The molecule has 0 saturated carbocycles. The number of carbonyl (C=O) groups is 1. The van der Waals surface area contributed by atoms with E-state index in [1.54, 1.807) is 12.4 Å². The minimum atomic E-state index is -0.412. The molecule has 0 unspecified atom stereocenters. The first-order chi connectivity index (χ1) is 10.1. The van der Waals surface area contributed by atoms with Gasteiger partial charge < -0.3 is 4.74 Å². The van der Waals surface area contributed by atoms with Gasteiger partial charge in [0.25, 0.3) is 0 Å². The summed E-state index contributed by atoms with van der Waals surface area (Å²) in [5.41, 5.74) is 1.37. The smallest absolute Gasteiger partial charge is 0.416 e. The fourth-order valence-corrected chi connectivity index (χ4v) is 2.24. The second-order valence-corrected chi connectivity index (χ2v) is 5.66. The second-order valence-electron chi connectivity index (χ2n) is 5.66. The average molecular weight is 283 g/mol. The van der Waals surface area contributed by atoms with Crippen molar-refractivity contribution in [3.8, 4) is 11.3 Å². The number of ether oxygens (including phenoxy) is 1. The maximum Gasteiger partial charge on any atom is 0.416 e. The number of anilines is 1. The van der Waals surface area contributed by atoms with Crippen LogP contribution in [-0.2, 0) is 4.74 Å². The maximum absolute atomic E-state index is 12.0. The summed E-state index contributed by atoms with van der Waals surface area (Å²) >= 11 is 0. The van der Waals surface area contributed by atoms with E-state index < -0.39 is 5.60 Å². The van der Waals surface area contributed by atoms with Crippen molar-refractivity contribution < 1.29 is 9.53 Å². The highest BCUT2D eigenvalue weighted by Gasteiger charge is 2.34. The van der Waals surface area contributed by atoms with E-state index in [9.17, 15) is 4.79 Å². The van der Waals surface area contributed by atoms with Gasteiger partial charge in [-0.2, -0.15) is 0 Å². The zero-order chi connectivity index (χ0) is 14.9. The highest BCUT2D eigenvalue weighted by atomic mass is 16.6. The standard InChI is InChI=1S/C16H17N3O2/c1-16(2)8-9-19(15(20)21-16)14-11-17-13(10-18-14)12-6-4-3-5-7-12/h3-7,10-11H,8-9H2,1-2H3. The van der Waals surface area contributed by atoms with Crippen molar-refractivity contribution in [1.29, 1.82) is 0 Å². The van der Waals surface area contributed by atoms with Gasteiger partial charge in [-0.1, -0.05) is 30.3 Å². The Hall–Kier alpha value is -2.43. The lowest BCUT2D eigenvalue weighted by Gasteiger charge is -2.35. The van der Waals surface area contributed by atoms with Crippen molar-refractivity contribution in [2.24, 2.45) is 0 Å². The van der Waals surface area contributed by atoms with Gasteiger partial charge in [-0.15, -0.1) is 0 Å². The molecule has 0 bridgehead atoms. The van der Waals surface area contributed by atoms with E-state index in [1.165, 1.54) is 4.90 Å². The highest BCUT2D eigenvalue weighted by molar-refractivity contribution is 5.87. The summed E-state index contributed by atoms with van der Waals surface area (Å²) in [6, 6.07) is 9.81. The Morgan fingerprint density at radius 1 is 1.14 bits per heavy atom. The normalized spacial score (nSPS) is 17.4. The predicted molar refractivity (Wildman–Crippen MR) is 80.0 cm³/mol. The molecule has 0 aliphatic carbocycles. The molecule has 0 N–H and O–H groups in total. The Morgan fingerprint density at radius 3 is 2.52 bits per heavy atom. The number of nitrogens with zero attached hydrogens (tertiary/aromatic N) is 3. The molecule has 21 heavy (non-hydrogen) atoms.